The van der Waals surface area contributed by atoms with Crippen molar-refractivity contribution >= 4 is 0 Å². The normalized spacial score (nSPS) is 24.5. The Morgan fingerprint density at radius 1 is 1.00 bits per heavy atom. The Morgan fingerprint density at radius 2 is 1.62 bits per heavy atom. The van der Waals surface area contributed by atoms with Gasteiger partial charge in [0.05, 0.1) is 13.2 Å². The van der Waals surface area contributed by atoms with E-state index in [1.165, 1.54) is 57.8 Å². The van der Waals surface area contributed by atoms with Crippen LogP contribution in [-0.2, 0) is 9.47 Å². The Labute approximate surface area is 159 Å². The first-order chi connectivity index (χ1) is 12.7. The maximum Gasteiger partial charge on any atom is 0.114 e. The first kappa shape index (κ1) is 23.6. The lowest BCUT2D eigenvalue weighted by atomic mass is 10.1. The molecule has 0 spiro atoms. The van der Waals surface area contributed by atoms with E-state index in [0.29, 0.717) is 6.61 Å². The fourth-order valence-corrected chi connectivity index (χ4v) is 3.26. The minimum atomic E-state index is -1.05. The van der Waals surface area contributed by atoms with Gasteiger partial charge in [-0.1, -0.05) is 57.6 Å². The molecule has 1 rings (SSSR count). The van der Waals surface area contributed by atoms with Crippen LogP contribution in [0.2, 0.25) is 0 Å². The van der Waals surface area contributed by atoms with E-state index >= 15 is 0 Å². The second kappa shape index (κ2) is 15.6. The molecular formula is C21H40O5. The van der Waals surface area contributed by atoms with Gasteiger partial charge in [0, 0.05) is 6.61 Å². The van der Waals surface area contributed by atoms with Gasteiger partial charge in [0.15, 0.2) is 0 Å². The third-order valence-electron chi connectivity index (χ3n) is 4.97. The maximum atomic E-state index is 10.0. The minimum Gasteiger partial charge on any atom is -0.394 e. The quantitative estimate of drug-likeness (QED) is 0.286. The molecule has 1 heterocycles. The standard InChI is InChI=1S/C21H40O5/c1-2-3-4-5-6-7-8-9-10-11-12-13-14-15-25-19-17-26-21(20(19)24)18(23)16-22/h7-8,18-24H,2-6,9-17H2,1H3/b8-7+/t18-,19+,20-,21-/m1/s1. The number of aliphatic hydroxyl groups is 3. The Bertz CT molecular complexity index is 347. The number of aliphatic hydroxyl groups excluding tert-OH is 3. The summed E-state index contributed by atoms with van der Waals surface area (Å²) >= 11 is 0. The van der Waals surface area contributed by atoms with E-state index in [2.05, 4.69) is 19.1 Å². The second-order valence-corrected chi connectivity index (χ2v) is 7.32. The lowest BCUT2D eigenvalue weighted by molar-refractivity contribution is -0.0730. The maximum absolute atomic E-state index is 10.0. The van der Waals surface area contributed by atoms with Gasteiger partial charge in [0.25, 0.3) is 0 Å². The van der Waals surface area contributed by atoms with Crippen LogP contribution in [0.5, 0.6) is 0 Å². The lowest BCUT2D eigenvalue weighted by Gasteiger charge is -2.20. The molecule has 0 aliphatic carbocycles. The summed E-state index contributed by atoms with van der Waals surface area (Å²) < 4.78 is 11.0. The van der Waals surface area contributed by atoms with E-state index in [1.807, 2.05) is 0 Å². The molecule has 26 heavy (non-hydrogen) atoms. The van der Waals surface area contributed by atoms with Gasteiger partial charge in [-0.3, -0.25) is 0 Å². The lowest BCUT2D eigenvalue weighted by Crippen LogP contribution is -2.41. The van der Waals surface area contributed by atoms with Gasteiger partial charge in [-0.15, -0.1) is 0 Å². The Morgan fingerprint density at radius 3 is 2.27 bits per heavy atom. The molecule has 1 aliphatic rings. The van der Waals surface area contributed by atoms with Crippen molar-refractivity contribution in [3.63, 3.8) is 0 Å². The van der Waals surface area contributed by atoms with Crippen LogP contribution in [0.15, 0.2) is 12.2 Å². The van der Waals surface area contributed by atoms with Crippen LogP contribution in [0.4, 0.5) is 0 Å². The van der Waals surface area contributed by atoms with Crippen molar-refractivity contribution in [2.24, 2.45) is 0 Å². The Kier molecular flexibility index (Phi) is 14.1. The van der Waals surface area contributed by atoms with Gasteiger partial charge in [-0.05, 0) is 32.1 Å². The van der Waals surface area contributed by atoms with E-state index < -0.39 is 31.0 Å². The van der Waals surface area contributed by atoms with Gasteiger partial charge >= 0.3 is 0 Å². The van der Waals surface area contributed by atoms with E-state index in [1.54, 1.807) is 0 Å². The molecule has 0 bridgehead atoms. The molecule has 3 N–H and O–H groups in total. The summed E-state index contributed by atoms with van der Waals surface area (Å²) in [5.41, 5.74) is 0. The minimum absolute atomic E-state index is 0.272. The van der Waals surface area contributed by atoms with Crippen LogP contribution in [-0.4, -0.2) is 59.6 Å². The zero-order valence-corrected chi connectivity index (χ0v) is 16.5. The molecular weight excluding hydrogens is 332 g/mol. The SMILES string of the molecule is CCCCCC/C=C/CCCCCCCO[C@H]1CO[C@H]([C@H](O)CO)[C@@H]1O. The van der Waals surface area contributed by atoms with Gasteiger partial charge in [0.2, 0.25) is 0 Å². The highest BCUT2D eigenvalue weighted by atomic mass is 16.6. The summed E-state index contributed by atoms with van der Waals surface area (Å²) in [5, 5.41) is 28.5. The van der Waals surface area contributed by atoms with Crippen molar-refractivity contribution in [2.75, 3.05) is 19.8 Å². The average molecular weight is 373 g/mol. The summed E-state index contributed by atoms with van der Waals surface area (Å²) in [4.78, 5) is 0. The summed E-state index contributed by atoms with van der Waals surface area (Å²) in [6.45, 7) is 2.70. The second-order valence-electron chi connectivity index (χ2n) is 7.32. The van der Waals surface area contributed by atoms with Crippen molar-refractivity contribution in [3.8, 4) is 0 Å². The summed E-state index contributed by atoms with van der Waals surface area (Å²) in [6.07, 6.45) is 15.2. The summed E-state index contributed by atoms with van der Waals surface area (Å²) in [5.74, 6) is 0. The topological polar surface area (TPSA) is 79.2 Å². The summed E-state index contributed by atoms with van der Waals surface area (Å²) in [7, 11) is 0. The molecule has 0 aromatic carbocycles. The zero-order chi connectivity index (χ0) is 19.0. The third kappa shape index (κ3) is 10.0. The van der Waals surface area contributed by atoms with E-state index in [-0.39, 0.29) is 6.61 Å². The molecule has 5 heteroatoms. The molecule has 4 atom stereocenters. The smallest absolute Gasteiger partial charge is 0.114 e. The molecule has 1 saturated heterocycles. The number of ether oxygens (including phenoxy) is 2. The van der Waals surface area contributed by atoms with E-state index in [0.717, 1.165) is 12.8 Å². The molecule has 0 unspecified atom stereocenters. The van der Waals surface area contributed by atoms with E-state index in [4.69, 9.17) is 14.6 Å². The predicted octanol–water partition coefficient (Wildman–Crippen LogP) is 3.35. The van der Waals surface area contributed by atoms with Crippen LogP contribution in [0, 0.1) is 0 Å². The first-order valence-corrected chi connectivity index (χ1v) is 10.6. The number of hydrogen-bond acceptors (Lipinski definition) is 5. The van der Waals surface area contributed by atoms with Gasteiger partial charge in [-0.25, -0.2) is 0 Å². The number of allylic oxidation sites excluding steroid dienone is 2. The predicted molar refractivity (Wildman–Crippen MR) is 104 cm³/mol. The monoisotopic (exact) mass is 372 g/mol. The number of unbranched alkanes of at least 4 members (excludes halogenated alkanes) is 9. The molecule has 5 nitrogen and oxygen atoms in total. The highest BCUT2D eigenvalue weighted by Crippen LogP contribution is 2.20. The first-order valence-electron chi connectivity index (χ1n) is 10.6. The fourth-order valence-electron chi connectivity index (χ4n) is 3.26. The highest BCUT2D eigenvalue weighted by molar-refractivity contribution is 4.88. The van der Waals surface area contributed by atoms with Crippen molar-refractivity contribution in [1.82, 2.24) is 0 Å². The van der Waals surface area contributed by atoms with Gasteiger partial charge < -0.3 is 24.8 Å². The largest absolute Gasteiger partial charge is 0.394 e. The number of rotatable bonds is 16. The van der Waals surface area contributed by atoms with Crippen molar-refractivity contribution in [1.29, 1.82) is 0 Å². The van der Waals surface area contributed by atoms with Crippen molar-refractivity contribution in [3.05, 3.63) is 12.2 Å². The Balaban J connectivity index is 1.89. The van der Waals surface area contributed by atoms with Gasteiger partial charge in [-0.2, -0.15) is 0 Å². The van der Waals surface area contributed by atoms with Crippen LogP contribution >= 0.6 is 0 Å². The molecule has 1 aliphatic heterocycles. The molecule has 0 radical (unpaired) electrons. The Hall–Kier alpha value is -0.460. The van der Waals surface area contributed by atoms with Crippen molar-refractivity contribution < 1.29 is 24.8 Å². The molecule has 154 valence electrons. The van der Waals surface area contributed by atoms with Crippen LogP contribution in [0.3, 0.4) is 0 Å². The zero-order valence-electron chi connectivity index (χ0n) is 16.5. The molecule has 1 fully saturated rings. The fraction of sp³-hybridized carbons (Fsp3) is 0.905. The highest BCUT2D eigenvalue weighted by Gasteiger charge is 2.40. The molecule has 0 amide bonds. The molecule has 0 aromatic rings. The van der Waals surface area contributed by atoms with Crippen LogP contribution < -0.4 is 0 Å². The van der Waals surface area contributed by atoms with Crippen LogP contribution in [0.25, 0.3) is 0 Å². The van der Waals surface area contributed by atoms with E-state index in [9.17, 15) is 10.2 Å². The van der Waals surface area contributed by atoms with Gasteiger partial charge in [0.1, 0.15) is 24.4 Å². The molecule has 0 aromatic heterocycles. The summed E-state index contributed by atoms with van der Waals surface area (Å²) in [6, 6.07) is 0. The van der Waals surface area contributed by atoms with Crippen LogP contribution in [0.1, 0.15) is 77.6 Å². The molecule has 0 saturated carbocycles. The average Bonchev–Trinajstić information content (AvgIpc) is 3.02. The third-order valence-corrected chi connectivity index (χ3v) is 4.97. The van der Waals surface area contributed by atoms with Crippen molar-refractivity contribution in [2.45, 2.75) is 102 Å². The number of hydrogen-bond donors (Lipinski definition) is 3.